The Kier molecular flexibility index (Phi) is 5.21. The third kappa shape index (κ3) is 3.98. The average Bonchev–Trinajstić information content (AvgIpc) is 2.62. The van der Waals surface area contributed by atoms with E-state index >= 15 is 0 Å². The van der Waals surface area contributed by atoms with Crippen molar-refractivity contribution in [1.29, 1.82) is 0 Å². The lowest BCUT2D eigenvalue weighted by Gasteiger charge is -2.28. The maximum atomic E-state index is 12.8. The van der Waals surface area contributed by atoms with E-state index in [1.54, 1.807) is 18.2 Å². The van der Waals surface area contributed by atoms with Gasteiger partial charge >= 0.3 is 0 Å². The molecule has 0 saturated heterocycles. The predicted molar refractivity (Wildman–Crippen MR) is 101 cm³/mol. The standard InChI is InChI=1S/C18H22N2O4S2/c1-14-3-5-15(6-4-14)13-25(21,22)20-10-9-16-7-8-18(11-17(16)12-20)26(23,24)19-2/h3-8,11,19H,9-10,12-13H2,1-2H3. The minimum Gasteiger partial charge on any atom is -0.214 e. The zero-order chi connectivity index (χ0) is 18.9. The van der Waals surface area contributed by atoms with Gasteiger partial charge in [0.25, 0.3) is 0 Å². The van der Waals surface area contributed by atoms with Crippen LogP contribution in [0.5, 0.6) is 0 Å². The number of benzene rings is 2. The zero-order valence-corrected chi connectivity index (χ0v) is 16.4. The maximum Gasteiger partial charge on any atom is 0.240 e. The predicted octanol–water partition coefficient (Wildman–Crippen LogP) is 1.79. The number of sulfonamides is 2. The van der Waals surface area contributed by atoms with Crippen molar-refractivity contribution in [3.63, 3.8) is 0 Å². The molecule has 0 atom stereocenters. The number of rotatable bonds is 5. The van der Waals surface area contributed by atoms with Crippen molar-refractivity contribution < 1.29 is 16.8 Å². The van der Waals surface area contributed by atoms with Crippen LogP contribution in [0.1, 0.15) is 22.3 Å². The largest absolute Gasteiger partial charge is 0.240 e. The lowest BCUT2D eigenvalue weighted by atomic mass is 10.0. The van der Waals surface area contributed by atoms with Gasteiger partial charge in [0.15, 0.2) is 0 Å². The molecule has 1 aliphatic rings. The van der Waals surface area contributed by atoms with Crippen molar-refractivity contribution in [1.82, 2.24) is 9.03 Å². The van der Waals surface area contributed by atoms with Crippen LogP contribution in [0.4, 0.5) is 0 Å². The molecule has 3 rings (SSSR count). The van der Waals surface area contributed by atoms with Crippen molar-refractivity contribution in [2.75, 3.05) is 13.6 Å². The van der Waals surface area contributed by atoms with Crippen molar-refractivity contribution in [3.05, 3.63) is 64.7 Å². The van der Waals surface area contributed by atoms with Crippen LogP contribution in [-0.2, 0) is 38.8 Å². The Hall–Kier alpha value is -1.74. The second kappa shape index (κ2) is 7.11. The molecule has 1 heterocycles. The molecule has 8 heteroatoms. The van der Waals surface area contributed by atoms with E-state index in [0.29, 0.717) is 13.0 Å². The van der Waals surface area contributed by atoms with Gasteiger partial charge in [-0.2, -0.15) is 4.31 Å². The molecule has 0 aromatic heterocycles. The summed E-state index contributed by atoms with van der Waals surface area (Å²) in [7, 11) is -5.68. The normalized spacial score (nSPS) is 15.6. The van der Waals surface area contributed by atoms with E-state index in [1.807, 2.05) is 31.2 Å². The molecule has 140 valence electrons. The highest BCUT2D eigenvalue weighted by molar-refractivity contribution is 7.89. The molecule has 0 aliphatic carbocycles. The van der Waals surface area contributed by atoms with Gasteiger partial charge in [0.05, 0.1) is 10.6 Å². The van der Waals surface area contributed by atoms with E-state index in [-0.39, 0.29) is 17.2 Å². The minimum atomic E-state index is -3.56. The first-order valence-corrected chi connectivity index (χ1v) is 11.4. The van der Waals surface area contributed by atoms with Gasteiger partial charge in [-0.3, -0.25) is 0 Å². The summed E-state index contributed by atoms with van der Waals surface area (Å²) in [5.41, 5.74) is 3.55. The Bertz CT molecular complexity index is 1010. The molecule has 2 aromatic rings. The summed E-state index contributed by atoms with van der Waals surface area (Å²) >= 11 is 0. The van der Waals surface area contributed by atoms with Crippen molar-refractivity contribution >= 4 is 20.0 Å². The Balaban J connectivity index is 1.84. The monoisotopic (exact) mass is 394 g/mol. The number of nitrogens with one attached hydrogen (secondary N) is 1. The number of nitrogens with zero attached hydrogens (tertiary/aromatic N) is 1. The molecule has 0 fully saturated rings. The van der Waals surface area contributed by atoms with E-state index < -0.39 is 20.0 Å². The molecule has 0 radical (unpaired) electrons. The highest BCUT2D eigenvalue weighted by atomic mass is 32.2. The van der Waals surface area contributed by atoms with Gasteiger partial charge < -0.3 is 0 Å². The van der Waals surface area contributed by atoms with Crippen LogP contribution in [-0.4, -0.2) is 34.7 Å². The highest BCUT2D eigenvalue weighted by Crippen LogP contribution is 2.25. The first kappa shape index (κ1) is 19.0. The Labute approximate surface area is 155 Å². The van der Waals surface area contributed by atoms with Crippen LogP contribution in [0.3, 0.4) is 0 Å². The molecule has 0 spiro atoms. The van der Waals surface area contributed by atoms with Crippen LogP contribution < -0.4 is 4.72 Å². The van der Waals surface area contributed by atoms with E-state index in [0.717, 1.165) is 22.3 Å². The van der Waals surface area contributed by atoms with Gasteiger partial charge in [-0.25, -0.2) is 21.6 Å². The lowest BCUT2D eigenvalue weighted by Crippen LogP contribution is -2.36. The Morgan fingerprint density at radius 1 is 1.00 bits per heavy atom. The first-order valence-electron chi connectivity index (χ1n) is 8.30. The molecule has 26 heavy (non-hydrogen) atoms. The molecule has 0 unspecified atom stereocenters. The smallest absolute Gasteiger partial charge is 0.214 e. The molecular formula is C18H22N2O4S2. The van der Waals surface area contributed by atoms with Crippen molar-refractivity contribution in [2.45, 2.75) is 30.5 Å². The Morgan fingerprint density at radius 3 is 2.35 bits per heavy atom. The fourth-order valence-corrected chi connectivity index (χ4v) is 5.30. The van der Waals surface area contributed by atoms with E-state index in [9.17, 15) is 16.8 Å². The molecule has 0 saturated carbocycles. The second-order valence-corrected chi connectivity index (χ2v) is 10.3. The third-order valence-electron chi connectivity index (χ3n) is 4.60. The highest BCUT2D eigenvalue weighted by Gasteiger charge is 2.28. The molecule has 2 aromatic carbocycles. The van der Waals surface area contributed by atoms with E-state index in [4.69, 9.17) is 0 Å². The van der Waals surface area contributed by atoms with Crippen LogP contribution in [0, 0.1) is 6.92 Å². The van der Waals surface area contributed by atoms with Crippen molar-refractivity contribution in [2.24, 2.45) is 0 Å². The summed E-state index contributed by atoms with van der Waals surface area (Å²) in [4.78, 5) is 0.150. The molecule has 1 aliphatic heterocycles. The number of hydrogen-bond donors (Lipinski definition) is 1. The van der Waals surface area contributed by atoms with Crippen LogP contribution in [0.25, 0.3) is 0 Å². The second-order valence-electron chi connectivity index (χ2n) is 6.46. The van der Waals surface area contributed by atoms with Gasteiger partial charge in [0, 0.05) is 13.1 Å². The summed E-state index contributed by atoms with van der Waals surface area (Å²) in [6.07, 6.45) is 0.572. The molecule has 0 amide bonds. The maximum absolute atomic E-state index is 12.8. The van der Waals surface area contributed by atoms with E-state index in [1.165, 1.54) is 11.4 Å². The third-order valence-corrected chi connectivity index (χ3v) is 7.81. The molecule has 6 nitrogen and oxygen atoms in total. The quantitative estimate of drug-likeness (QED) is 0.838. The molecular weight excluding hydrogens is 372 g/mol. The fraction of sp³-hybridized carbons (Fsp3) is 0.333. The van der Waals surface area contributed by atoms with Crippen molar-refractivity contribution in [3.8, 4) is 0 Å². The average molecular weight is 395 g/mol. The van der Waals surface area contributed by atoms with Crippen LogP contribution >= 0.6 is 0 Å². The SMILES string of the molecule is CNS(=O)(=O)c1ccc2c(c1)CN(S(=O)(=O)Cc1ccc(C)cc1)CC2. The fourth-order valence-electron chi connectivity index (χ4n) is 3.02. The molecule has 1 N–H and O–H groups in total. The first-order chi connectivity index (χ1) is 12.2. The molecule has 0 bridgehead atoms. The van der Waals surface area contributed by atoms with E-state index in [2.05, 4.69) is 4.72 Å². The van der Waals surface area contributed by atoms with Gasteiger partial charge in [-0.05, 0) is 49.2 Å². The van der Waals surface area contributed by atoms with Gasteiger partial charge in [0.1, 0.15) is 0 Å². The topological polar surface area (TPSA) is 83.6 Å². The summed E-state index contributed by atoms with van der Waals surface area (Å²) in [6.45, 7) is 2.55. The number of aryl methyl sites for hydroxylation is 1. The zero-order valence-electron chi connectivity index (χ0n) is 14.8. The summed E-state index contributed by atoms with van der Waals surface area (Å²) in [5, 5.41) is 0. The Morgan fingerprint density at radius 2 is 1.69 bits per heavy atom. The van der Waals surface area contributed by atoms with Crippen LogP contribution in [0.15, 0.2) is 47.4 Å². The van der Waals surface area contributed by atoms with Gasteiger partial charge in [-0.15, -0.1) is 0 Å². The summed E-state index contributed by atoms with van der Waals surface area (Å²) < 4.78 is 53.3. The van der Waals surface area contributed by atoms with Gasteiger partial charge in [0.2, 0.25) is 20.0 Å². The van der Waals surface area contributed by atoms with Gasteiger partial charge in [-0.1, -0.05) is 35.9 Å². The number of hydrogen-bond acceptors (Lipinski definition) is 4. The summed E-state index contributed by atoms with van der Waals surface area (Å²) in [6, 6.07) is 12.3. The minimum absolute atomic E-state index is 0.0584. The summed E-state index contributed by atoms with van der Waals surface area (Å²) in [5.74, 6) is -0.0584. The van der Waals surface area contributed by atoms with Crippen LogP contribution in [0.2, 0.25) is 0 Å². The number of fused-ring (bicyclic) bond motifs is 1. The lowest BCUT2D eigenvalue weighted by molar-refractivity contribution is 0.390.